The molecular weight excluding hydrogens is 316 g/mol. The number of hydrogen-bond acceptors (Lipinski definition) is 4. The average Bonchev–Trinajstić information content (AvgIpc) is 2.87. The van der Waals surface area contributed by atoms with Gasteiger partial charge in [0.1, 0.15) is 0 Å². The van der Waals surface area contributed by atoms with Gasteiger partial charge < -0.3 is 9.80 Å². The minimum absolute atomic E-state index is 0.0146. The Kier molecular flexibility index (Phi) is 7.60. The van der Waals surface area contributed by atoms with E-state index in [9.17, 15) is 9.59 Å². The molecule has 25 heavy (non-hydrogen) atoms. The van der Waals surface area contributed by atoms with Crippen molar-refractivity contribution < 1.29 is 9.59 Å². The van der Waals surface area contributed by atoms with Crippen LogP contribution in [0.15, 0.2) is 30.6 Å². The normalized spacial score (nSPS) is 16.0. The summed E-state index contributed by atoms with van der Waals surface area (Å²) in [6, 6.07) is 3.76. The van der Waals surface area contributed by atoms with Gasteiger partial charge in [0.25, 0.3) is 0 Å². The molecule has 0 unspecified atom stereocenters. The lowest BCUT2D eigenvalue weighted by atomic mass is 10.2. The van der Waals surface area contributed by atoms with E-state index in [0.29, 0.717) is 13.1 Å². The fourth-order valence-corrected chi connectivity index (χ4v) is 2.96. The van der Waals surface area contributed by atoms with Gasteiger partial charge in [0.2, 0.25) is 11.8 Å². The van der Waals surface area contributed by atoms with Crippen molar-refractivity contribution in [3.63, 3.8) is 0 Å². The van der Waals surface area contributed by atoms with Crippen LogP contribution in [0, 0.1) is 0 Å². The molecule has 1 aromatic heterocycles. The number of likely N-dealkylation sites (N-methyl/N-ethyl adjacent to an activating group) is 1. The first-order valence-corrected chi connectivity index (χ1v) is 9.01. The number of nitrogens with zero attached hydrogens (tertiary/aromatic N) is 4. The van der Waals surface area contributed by atoms with Crippen LogP contribution in [0.3, 0.4) is 0 Å². The Morgan fingerprint density at radius 1 is 1.20 bits per heavy atom. The van der Waals surface area contributed by atoms with Crippen LogP contribution in [0.5, 0.6) is 0 Å². The SMILES string of the molecule is CCN(CC)C(=O)CN1CCCN(C(=O)/C=C\c2cccnc2)CC1. The zero-order valence-electron chi connectivity index (χ0n) is 15.2. The maximum absolute atomic E-state index is 12.4. The number of carbonyl (C=O) groups is 2. The summed E-state index contributed by atoms with van der Waals surface area (Å²) in [6.07, 6.45) is 7.72. The van der Waals surface area contributed by atoms with Crippen molar-refractivity contribution >= 4 is 17.9 Å². The summed E-state index contributed by atoms with van der Waals surface area (Å²) < 4.78 is 0. The van der Waals surface area contributed by atoms with Crippen LogP contribution in [0.4, 0.5) is 0 Å². The lowest BCUT2D eigenvalue weighted by Gasteiger charge is -2.25. The lowest BCUT2D eigenvalue weighted by Crippen LogP contribution is -2.41. The fourth-order valence-electron chi connectivity index (χ4n) is 2.96. The van der Waals surface area contributed by atoms with E-state index in [0.717, 1.165) is 44.7 Å². The Balaban J connectivity index is 1.85. The third-order valence-electron chi connectivity index (χ3n) is 4.48. The topological polar surface area (TPSA) is 56.8 Å². The Hall–Kier alpha value is -2.21. The molecule has 0 N–H and O–H groups in total. The molecule has 1 saturated heterocycles. The Labute approximate surface area is 150 Å². The van der Waals surface area contributed by atoms with E-state index in [4.69, 9.17) is 0 Å². The van der Waals surface area contributed by atoms with Gasteiger partial charge in [-0.15, -0.1) is 0 Å². The van der Waals surface area contributed by atoms with Crippen LogP contribution in [-0.4, -0.2) is 77.3 Å². The van der Waals surface area contributed by atoms with Gasteiger partial charge >= 0.3 is 0 Å². The highest BCUT2D eigenvalue weighted by molar-refractivity contribution is 5.91. The number of hydrogen-bond donors (Lipinski definition) is 0. The second-order valence-electron chi connectivity index (χ2n) is 6.14. The van der Waals surface area contributed by atoms with E-state index in [-0.39, 0.29) is 11.8 Å². The van der Waals surface area contributed by atoms with Crippen molar-refractivity contribution in [2.45, 2.75) is 20.3 Å². The standard InChI is InChI=1S/C19H28N4O2/c1-3-22(4-2)19(25)16-21-11-6-12-23(14-13-21)18(24)9-8-17-7-5-10-20-15-17/h5,7-10,15H,3-4,6,11-14,16H2,1-2H3/b9-8-. The molecule has 2 rings (SSSR count). The number of aromatic nitrogens is 1. The molecule has 1 fully saturated rings. The van der Waals surface area contributed by atoms with E-state index in [1.807, 2.05) is 35.8 Å². The molecule has 6 nitrogen and oxygen atoms in total. The summed E-state index contributed by atoms with van der Waals surface area (Å²) in [4.78, 5) is 34.5. The highest BCUT2D eigenvalue weighted by atomic mass is 16.2. The van der Waals surface area contributed by atoms with Gasteiger partial charge in [0, 0.05) is 57.7 Å². The van der Waals surface area contributed by atoms with E-state index in [1.165, 1.54) is 0 Å². The lowest BCUT2D eigenvalue weighted by molar-refractivity contribution is -0.132. The zero-order chi connectivity index (χ0) is 18.1. The second kappa shape index (κ2) is 9.93. The van der Waals surface area contributed by atoms with Gasteiger partial charge in [0.05, 0.1) is 6.54 Å². The van der Waals surface area contributed by atoms with Gasteiger partial charge in [-0.05, 0) is 38.0 Å². The summed E-state index contributed by atoms with van der Waals surface area (Å²) in [7, 11) is 0. The predicted octanol–water partition coefficient (Wildman–Crippen LogP) is 1.50. The first-order chi connectivity index (χ1) is 12.1. The zero-order valence-corrected chi connectivity index (χ0v) is 15.2. The molecule has 0 radical (unpaired) electrons. The molecule has 2 amide bonds. The maximum atomic E-state index is 12.4. The number of carbonyl (C=O) groups excluding carboxylic acids is 2. The van der Waals surface area contributed by atoms with Crippen molar-refractivity contribution in [2.24, 2.45) is 0 Å². The van der Waals surface area contributed by atoms with E-state index in [2.05, 4.69) is 9.88 Å². The molecule has 1 aliphatic heterocycles. The van der Waals surface area contributed by atoms with E-state index in [1.54, 1.807) is 24.5 Å². The molecule has 0 atom stereocenters. The van der Waals surface area contributed by atoms with E-state index >= 15 is 0 Å². The van der Waals surface area contributed by atoms with Crippen LogP contribution < -0.4 is 0 Å². The molecule has 0 bridgehead atoms. The molecule has 136 valence electrons. The Bertz CT molecular complexity index is 584. The summed E-state index contributed by atoms with van der Waals surface area (Å²) in [5, 5.41) is 0. The van der Waals surface area contributed by atoms with Gasteiger partial charge in [-0.1, -0.05) is 6.07 Å². The van der Waals surface area contributed by atoms with Crippen LogP contribution >= 0.6 is 0 Å². The third kappa shape index (κ3) is 5.98. The van der Waals surface area contributed by atoms with Gasteiger partial charge in [0.15, 0.2) is 0 Å². The van der Waals surface area contributed by atoms with Crippen molar-refractivity contribution in [1.29, 1.82) is 0 Å². The second-order valence-corrected chi connectivity index (χ2v) is 6.14. The summed E-state index contributed by atoms with van der Waals surface area (Å²) in [6.45, 7) is 8.89. The molecule has 0 spiro atoms. The van der Waals surface area contributed by atoms with Crippen molar-refractivity contribution in [1.82, 2.24) is 19.7 Å². The van der Waals surface area contributed by atoms with Gasteiger partial charge in [-0.2, -0.15) is 0 Å². The van der Waals surface area contributed by atoms with Crippen LogP contribution in [0.1, 0.15) is 25.8 Å². The molecular formula is C19H28N4O2. The number of pyridine rings is 1. The Morgan fingerprint density at radius 2 is 2.00 bits per heavy atom. The summed E-state index contributed by atoms with van der Waals surface area (Å²) in [5.74, 6) is 0.182. The van der Waals surface area contributed by atoms with Crippen molar-refractivity contribution in [3.8, 4) is 0 Å². The maximum Gasteiger partial charge on any atom is 0.246 e. The summed E-state index contributed by atoms with van der Waals surface area (Å²) in [5.41, 5.74) is 0.914. The molecule has 0 saturated carbocycles. The van der Waals surface area contributed by atoms with Crippen LogP contribution in [0.25, 0.3) is 6.08 Å². The smallest absolute Gasteiger partial charge is 0.246 e. The fraction of sp³-hybridized carbons (Fsp3) is 0.526. The highest BCUT2D eigenvalue weighted by Crippen LogP contribution is 2.06. The van der Waals surface area contributed by atoms with Gasteiger partial charge in [-0.3, -0.25) is 19.5 Å². The first kappa shape index (κ1) is 19.1. The summed E-state index contributed by atoms with van der Waals surface area (Å²) >= 11 is 0. The first-order valence-electron chi connectivity index (χ1n) is 9.01. The molecule has 1 aliphatic rings. The van der Waals surface area contributed by atoms with E-state index < -0.39 is 0 Å². The average molecular weight is 344 g/mol. The van der Waals surface area contributed by atoms with Crippen LogP contribution in [0.2, 0.25) is 0 Å². The molecule has 6 heteroatoms. The quantitative estimate of drug-likeness (QED) is 0.734. The highest BCUT2D eigenvalue weighted by Gasteiger charge is 2.20. The van der Waals surface area contributed by atoms with Crippen molar-refractivity contribution in [3.05, 3.63) is 36.2 Å². The molecule has 2 heterocycles. The van der Waals surface area contributed by atoms with Crippen LogP contribution in [-0.2, 0) is 9.59 Å². The van der Waals surface area contributed by atoms with Crippen molar-refractivity contribution in [2.75, 3.05) is 45.8 Å². The number of amides is 2. The van der Waals surface area contributed by atoms with Gasteiger partial charge in [-0.25, -0.2) is 0 Å². The molecule has 0 aliphatic carbocycles. The molecule has 0 aromatic carbocycles. The minimum atomic E-state index is 0.0146. The third-order valence-corrected chi connectivity index (χ3v) is 4.48. The Morgan fingerprint density at radius 3 is 2.68 bits per heavy atom. The largest absolute Gasteiger partial charge is 0.342 e. The monoisotopic (exact) mass is 344 g/mol. The predicted molar refractivity (Wildman–Crippen MR) is 98.8 cm³/mol. The number of rotatable bonds is 6. The molecule has 1 aromatic rings. The minimum Gasteiger partial charge on any atom is -0.342 e.